The van der Waals surface area contributed by atoms with Gasteiger partial charge in [0.15, 0.2) is 5.78 Å². The van der Waals surface area contributed by atoms with Crippen LogP contribution in [0.1, 0.15) is 36.2 Å². The molecule has 1 fully saturated rings. The van der Waals surface area contributed by atoms with Crippen molar-refractivity contribution in [3.8, 4) is 17.2 Å². The lowest BCUT2D eigenvalue weighted by molar-refractivity contribution is -0.120. The zero-order chi connectivity index (χ0) is 18.9. The molecular weight excluding hydrogens is 324 g/mol. The summed E-state index contributed by atoms with van der Waals surface area (Å²) in [6.45, 7) is 5.62. The summed E-state index contributed by atoms with van der Waals surface area (Å²) in [7, 11) is 0. The molecular formula is C22H22N2O2. The van der Waals surface area contributed by atoms with Crippen LogP contribution >= 0.6 is 0 Å². The number of hydrogen-bond acceptors (Lipinski definition) is 3. The van der Waals surface area contributed by atoms with Gasteiger partial charge in [0, 0.05) is 12.1 Å². The van der Waals surface area contributed by atoms with E-state index in [0.717, 1.165) is 11.1 Å². The molecule has 132 valence electrons. The second kappa shape index (κ2) is 6.76. The molecule has 3 rings (SSSR count). The average Bonchev–Trinajstić information content (AvgIpc) is 3.01. The molecule has 2 atom stereocenters. The quantitative estimate of drug-likeness (QED) is 0.844. The number of nitrogens with zero attached hydrogens (tertiary/aromatic N) is 2. The number of ketones is 1. The van der Waals surface area contributed by atoms with Gasteiger partial charge in [-0.1, -0.05) is 36.4 Å². The fourth-order valence-corrected chi connectivity index (χ4v) is 3.60. The highest BCUT2D eigenvalue weighted by molar-refractivity contribution is 5.98. The molecule has 2 aromatic carbocycles. The molecule has 0 bridgehead atoms. The Morgan fingerprint density at radius 2 is 1.81 bits per heavy atom. The summed E-state index contributed by atoms with van der Waals surface area (Å²) < 4.78 is 0. The third-order valence-corrected chi connectivity index (χ3v) is 5.13. The lowest BCUT2D eigenvalue weighted by Crippen LogP contribution is -2.39. The Morgan fingerprint density at radius 1 is 1.15 bits per heavy atom. The van der Waals surface area contributed by atoms with Crippen molar-refractivity contribution in [3.05, 3.63) is 59.7 Å². The first-order valence-electron chi connectivity index (χ1n) is 8.73. The van der Waals surface area contributed by atoms with E-state index in [9.17, 15) is 14.9 Å². The normalized spacial score (nSPS) is 22.1. The van der Waals surface area contributed by atoms with Crippen molar-refractivity contribution in [3.63, 3.8) is 0 Å². The molecule has 1 amide bonds. The number of nitriles is 1. The first-order valence-corrected chi connectivity index (χ1v) is 8.73. The monoisotopic (exact) mass is 346 g/mol. The van der Waals surface area contributed by atoms with Crippen molar-refractivity contribution < 1.29 is 9.59 Å². The second-order valence-electron chi connectivity index (χ2n) is 7.33. The van der Waals surface area contributed by atoms with Crippen LogP contribution in [-0.4, -0.2) is 29.2 Å². The van der Waals surface area contributed by atoms with Crippen molar-refractivity contribution in [2.45, 2.75) is 33.2 Å². The number of carbonyl (C=O) groups is 2. The lowest BCUT2D eigenvalue weighted by Gasteiger charge is -2.23. The highest BCUT2D eigenvalue weighted by Crippen LogP contribution is 2.35. The summed E-state index contributed by atoms with van der Waals surface area (Å²) in [5, 5.41) is 9.38. The van der Waals surface area contributed by atoms with Gasteiger partial charge in [0.05, 0.1) is 17.5 Å². The van der Waals surface area contributed by atoms with E-state index in [2.05, 4.69) is 25.1 Å². The maximum atomic E-state index is 12.9. The molecule has 1 heterocycles. The molecule has 4 heteroatoms. The minimum atomic E-state index is -0.674. The van der Waals surface area contributed by atoms with Crippen LogP contribution in [0.2, 0.25) is 0 Å². The molecule has 2 aromatic rings. The molecule has 0 saturated carbocycles. The Morgan fingerprint density at radius 3 is 2.38 bits per heavy atom. The van der Waals surface area contributed by atoms with Gasteiger partial charge < -0.3 is 4.90 Å². The Balaban J connectivity index is 1.87. The maximum Gasteiger partial charge on any atom is 0.254 e. The van der Waals surface area contributed by atoms with E-state index in [4.69, 9.17) is 0 Å². The maximum absolute atomic E-state index is 12.9. The number of hydrogen-bond donors (Lipinski definition) is 0. The van der Waals surface area contributed by atoms with Crippen LogP contribution in [0.3, 0.4) is 0 Å². The van der Waals surface area contributed by atoms with Crippen LogP contribution in [0.15, 0.2) is 48.5 Å². The van der Waals surface area contributed by atoms with Crippen LogP contribution < -0.4 is 0 Å². The van der Waals surface area contributed by atoms with Crippen LogP contribution in [0.4, 0.5) is 0 Å². The highest BCUT2D eigenvalue weighted by Gasteiger charge is 2.45. The van der Waals surface area contributed by atoms with E-state index in [1.807, 2.05) is 24.3 Å². The zero-order valence-electron chi connectivity index (χ0n) is 15.3. The predicted molar refractivity (Wildman–Crippen MR) is 100 cm³/mol. The molecule has 0 aliphatic carbocycles. The number of rotatable bonds is 3. The smallest absolute Gasteiger partial charge is 0.254 e. The number of Topliss-reactive ketones (excluding diaryl/α,β-unsaturated/α-hetero) is 1. The fourth-order valence-electron chi connectivity index (χ4n) is 3.60. The van der Waals surface area contributed by atoms with Gasteiger partial charge in [0.1, 0.15) is 0 Å². The summed E-state index contributed by atoms with van der Waals surface area (Å²) in [6, 6.07) is 17.3. The summed E-state index contributed by atoms with van der Waals surface area (Å²) in [5.74, 6) is -0.269. The molecule has 1 aliphatic rings. The minimum Gasteiger partial charge on any atom is -0.327 e. The van der Waals surface area contributed by atoms with Crippen molar-refractivity contribution in [1.82, 2.24) is 4.90 Å². The van der Waals surface area contributed by atoms with Gasteiger partial charge >= 0.3 is 0 Å². The second-order valence-corrected chi connectivity index (χ2v) is 7.33. The third kappa shape index (κ3) is 3.25. The van der Waals surface area contributed by atoms with Crippen LogP contribution in [0.5, 0.6) is 0 Å². The van der Waals surface area contributed by atoms with Crippen molar-refractivity contribution in [2.75, 3.05) is 6.54 Å². The van der Waals surface area contributed by atoms with Gasteiger partial charge in [-0.25, -0.2) is 0 Å². The van der Waals surface area contributed by atoms with Gasteiger partial charge in [-0.3, -0.25) is 9.59 Å². The fraction of sp³-hybridized carbons (Fsp3) is 0.318. The summed E-state index contributed by atoms with van der Waals surface area (Å²) in [4.78, 5) is 26.5. The van der Waals surface area contributed by atoms with Gasteiger partial charge in [-0.05, 0) is 56.0 Å². The van der Waals surface area contributed by atoms with Crippen molar-refractivity contribution >= 4 is 11.7 Å². The van der Waals surface area contributed by atoms with Gasteiger partial charge in [0.2, 0.25) is 0 Å². The minimum absolute atomic E-state index is 0.0751. The van der Waals surface area contributed by atoms with Crippen LogP contribution in [0.25, 0.3) is 11.1 Å². The predicted octanol–water partition coefficient (Wildman–Crippen LogP) is 4.00. The lowest BCUT2D eigenvalue weighted by atomic mass is 9.89. The highest BCUT2D eigenvalue weighted by atomic mass is 16.2. The van der Waals surface area contributed by atoms with Crippen molar-refractivity contribution in [1.29, 1.82) is 5.26 Å². The van der Waals surface area contributed by atoms with E-state index in [0.29, 0.717) is 12.0 Å². The number of carbonyl (C=O) groups excluding carboxylic acids is 2. The molecule has 2 unspecified atom stereocenters. The third-order valence-electron chi connectivity index (χ3n) is 5.13. The Labute approximate surface area is 154 Å². The van der Waals surface area contributed by atoms with E-state index in [1.54, 1.807) is 24.0 Å². The molecule has 1 saturated heterocycles. The largest absolute Gasteiger partial charge is 0.327 e. The summed E-state index contributed by atoms with van der Waals surface area (Å²) in [5.41, 5.74) is 3.22. The summed E-state index contributed by atoms with van der Waals surface area (Å²) >= 11 is 0. The van der Waals surface area contributed by atoms with Gasteiger partial charge in [-0.2, -0.15) is 5.26 Å². The molecule has 0 aromatic heterocycles. The molecule has 0 N–H and O–H groups in total. The van der Waals surface area contributed by atoms with Gasteiger partial charge in [0.25, 0.3) is 5.91 Å². The zero-order valence-corrected chi connectivity index (χ0v) is 15.3. The standard InChI is InChI=1S/C22H22N2O2/c1-15-6-4-5-7-19(15)17-8-10-18(11-9-17)21(26)24-14-22(3,13-23)12-20(24)16(2)25/h4-11,20H,12,14H2,1-3H3. The molecule has 0 spiro atoms. The first kappa shape index (κ1) is 17.9. The van der Waals surface area contributed by atoms with Crippen LogP contribution in [-0.2, 0) is 4.79 Å². The summed E-state index contributed by atoms with van der Waals surface area (Å²) in [6.07, 6.45) is 0.395. The molecule has 0 radical (unpaired) electrons. The Bertz CT molecular complexity index is 895. The van der Waals surface area contributed by atoms with E-state index in [1.165, 1.54) is 12.5 Å². The number of aryl methyl sites for hydroxylation is 1. The SMILES string of the molecule is CC(=O)C1CC(C)(C#N)CN1C(=O)c1ccc(-c2ccccc2C)cc1. The van der Waals surface area contributed by atoms with E-state index >= 15 is 0 Å². The average molecular weight is 346 g/mol. The number of benzene rings is 2. The number of likely N-dealkylation sites (tertiary alicyclic amines) is 1. The van der Waals surface area contributed by atoms with Crippen LogP contribution in [0, 0.1) is 23.7 Å². The first-order chi connectivity index (χ1) is 12.3. The molecule has 26 heavy (non-hydrogen) atoms. The topological polar surface area (TPSA) is 61.2 Å². The molecule has 1 aliphatic heterocycles. The van der Waals surface area contributed by atoms with Gasteiger partial charge in [-0.15, -0.1) is 0 Å². The van der Waals surface area contributed by atoms with E-state index < -0.39 is 11.5 Å². The van der Waals surface area contributed by atoms with E-state index in [-0.39, 0.29) is 18.2 Å². The number of amides is 1. The Hall–Kier alpha value is -2.93. The molecule has 4 nitrogen and oxygen atoms in total. The van der Waals surface area contributed by atoms with Crippen molar-refractivity contribution in [2.24, 2.45) is 5.41 Å². The Kier molecular flexibility index (Phi) is 4.65.